The molecule has 1 aromatic heterocycles. The number of pyridine rings is 1. The van der Waals surface area contributed by atoms with Crippen LogP contribution in [-0.2, 0) is 46.5 Å². The third-order valence-corrected chi connectivity index (χ3v) is 14.0. The van der Waals surface area contributed by atoms with Crippen molar-refractivity contribution in [2.75, 3.05) is 61.0 Å². The summed E-state index contributed by atoms with van der Waals surface area (Å²) in [5.74, 6) is 2.62. The lowest BCUT2D eigenvalue weighted by atomic mass is 9.87. The number of phenolic OH excluding ortho intramolecular Hbond substituents is 1. The van der Waals surface area contributed by atoms with Gasteiger partial charge in [0.15, 0.2) is 0 Å². The number of likely N-dealkylation sites (tertiary alicyclic amines) is 1. The molecule has 2 fully saturated rings. The molecule has 6 bridgehead atoms. The minimum atomic E-state index is -1.18. The number of hydrogen-bond donors (Lipinski definition) is 3. The van der Waals surface area contributed by atoms with Crippen LogP contribution in [-0.4, -0.2) is 161 Å². The number of nitrogens with zero attached hydrogens (tertiary/aromatic N) is 7. The number of aromatic nitrogens is 1. The maximum absolute atomic E-state index is 14.8. The second-order valence-electron chi connectivity index (χ2n) is 20.5. The van der Waals surface area contributed by atoms with Crippen molar-refractivity contribution in [2.24, 2.45) is 17.3 Å². The SMILES string of the molecule is CCN1C(c2cccnc2COC)=C2CC(C)(C)COC(=O)[C@@H]3CCCN(N3)C(=O)[C@@H](NC(=O)C(C(C)C)N(C)C(=O)[C@H]3CCN(C(=O)C#C[C@@H](C)N(C)C)C3)Cc3cc(O)cc(c3)C3=CN2C1C=C3. The zero-order valence-corrected chi connectivity index (χ0v) is 42.5. The van der Waals surface area contributed by atoms with Crippen molar-refractivity contribution in [3.8, 4) is 17.6 Å². The van der Waals surface area contributed by atoms with Crippen LogP contribution in [0.15, 0.2) is 60.6 Å². The molecule has 2 unspecified atom stereocenters. The molecule has 0 radical (unpaired) electrons. The number of hydrazine groups is 1. The number of carbonyl (C=O) groups excluding carboxylic acids is 5. The minimum absolute atomic E-state index is 0.0174. The Morgan fingerprint density at radius 2 is 1.87 bits per heavy atom. The Morgan fingerprint density at radius 3 is 2.59 bits per heavy atom. The molecule has 7 rings (SSSR count). The Kier molecular flexibility index (Phi) is 16.1. The van der Waals surface area contributed by atoms with E-state index >= 15 is 0 Å². The summed E-state index contributed by atoms with van der Waals surface area (Å²) < 4.78 is 11.7. The van der Waals surface area contributed by atoms with E-state index in [-0.39, 0.29) is 61.8 Å². The first kappa shape index (κ1) is 51.6. The highest BCUT2D eigenvalue weighted by Gasteiger charge is 2.43. The lowest BCUT2D eigenvalue weighted by Crippen LogP contribution is -2.62. The van der Waals surface area contributed by atoms with Crippen molar-refractivity contribution in [3.63, 3.8) is 0 Å². The van der Waals surface area contributed by atoms with E-state index in [0.29, 0.717) is 56.5 Å². The summed E-state index contributed by atoms with van der Waals surface area (Å²) in [5, 5.41) is 15.8. The summed E-state index contributed by atoms with van der Waals surface area (Å²) in [6.45, 7) is 13.7. The van der Waals surface area contributed by atoms with Crippen LogP contribution in [0.1, 0.15) is 89.6 Å². The molecule has 376 valence electrons. The summed E-state index contributed by atoms with van der Waals surface area (Å²) in [5.41, 5.74) is 8.43. The molecule has 0 spiro atoms. The number of esters is 1. The summed E-state index contributed by atoms with van der Waals surface area (Å²) in [6, 6.07) is 6.09. The number of amides is 4. The molecular weight excluding hydrogens is 891 g/mol. The van der Waals surface area contributed by atoms with Crippen molar-refractivity contribution in [1.82, 2.24) is 45.2 Å². The summed E-state index contributed by atoms with van der Waals surface area (Å²) in [4.78, 5) is 84.7. The van der Waals surface area contributed by atoms with Crippen LogP contribution in [0.3, 0.4) is 0 Å². The van der Waals surface area contributed by atoms with E-state index < -0.39 is 47.2 Å². The quantitative estimate of drug-likeness (QED) is 0.231. The first-order chi connectivity index (χ1) is 33.3. The van der Waals surface area contributed by atoms with Crippen molar-refractivity contribution >= 4 is 40.9 Å². The zero-order chi connectivity index (χ0) is 50.6. The van der Waals surface area contributed by atoms with E-state index in [0.717, 1.165) is 28.2 Å². The second kappa shape index (κ2) is 21.8. The average Bonchev–Trinajstić information content (AvgIpc) is 3.94. The number of ether oxygens (including phenoxy) is 2. The average molecular weight is 962 g/mol. The van der Waals surface area contributed by atoms with Gasteiger partial charge in [-0.3, -0.25) is 38.9 Å². The number of nitrogens with one attached hydrogen (secondary N) is 2. The highest BCUT2D eigenvalue weighted by Crippen LogP contribution is 2.45. The second-order valence-corrected chi connectivity index (χ2v) is 20.5. The van der Waals surface area contributed by atoms with E-state index in [2.05, 4.69) is 71.5 Å². The third-order valence-electron chi connectivity index (χ3n) is 14.0. The topological polar surface area (TPSA) is 180 Å². The molecule has 6 heterocycles. The van der Waals surface area contributed by atoms with Crippen LogP contribution in [0.4, 0.5) is 0 Å². The highest BCUT2D eigenvalue weighted by atomic mass is 16.5. The normalized spacial score (nSPS) is 23.3. The molecule has 2 saturated heterocycles. The lowest BCUT2D eigenvalue weighted by molar-refractivity contribution is -0.155. The molecule has 6 atom stereocenters. The van der Waals surface area contributed by atoms with Crippen LogP contribution in [0.25, 0.3) is 11.3 Å². The number of carbonyl (C=O) groups is 5. The van der Waals surface area contributed by atoms with E-state index in [4.69, 9.17) is 14.5 Å². The van der Waals surface area contributed by atoms with Gasteiger partial charge in [0, 0.05) is 75.8 Å². The van der Waals surface area contributed by atoms with Gasteiger partial charge in [-0.05, 0) is 113 Å². The van der Waals surface area contributed by atoms with Gasteiger partial charge in [0.05, 0.1) is 36.6 Å². The van der Waals surface area contributed by atoms with Gasteiger partial charge in [-0.15, -0.1) is 0 Å². The van der Waals surface area contributed by atoms with Crippen molar-refractivity contribution in [2.45, 2.75) is 111 Å². The standard InChI is InChI=1S/C53H71N9O8/c1-11-60-45-18-17-36-30-61(45)44(48(60)40-14-12-21-54-43(40)31-69-10)28-53(5,6)32-70-52(68)41-15-13-22-62(56-41)51(67)42(26-35-24-38(36)27-39(63)25-35)55-49(65)47(33(2)3)58(9)50(66)37-20-23-59(29-37)46(64)19-16-34(4)57(7)8/h12,14,17-18,21,24-25,27,30,33-34,37,41-42,45,47,56,63H,11,13,15,20,22-23,26,28-29,31-32H2,1-10H3,(H,55,65)/t34-,37+,41+,42+,45?,47?/m1/s1. The van der Waals surface area contributed by atoms with Gasteiger partial charge in [0.2, 0.25) is 11.8 Å². The van der Waals surface area contributed by atoms with Gasteiger partial charge in [-0.25, -0.2) is 5.43 Å². The Hall–Kier alpha value is -6.22. The van der Waals surface area contributed by atoms with E-state index in [1.54, 1.807) is 37.4 Å². The lowest BCUT2D eigenvalue weighted by Gasteiger charge is -2.37. The zero-order valence-electron chi connectivity index (χ0n) is 42.5. The molecule has 5 aliphatic rings. The molecule has 0 saturated carbocycles. The van der Waals surface area contributed by atoms with Gasteiger partial charge in [0.1, 0.15) is 30.0 Å². The predicted molar refractivity (Wildman–Crippen MR) is 265 cm³/mol. The van der Waals surface area contributed by atoms with Crippen LogP contribution in [0, 0.1) is 29.1 Å². The number of aromatic hydroxyl groups is 1. The fraction of sp³-hybridized carbons (Fsp3) is 0.547. The summed E-state index contributed by atoms with van der Waals surface area (Å²) in [7, 11) is 7.00. The number of rotatable bonds is 10. The van der Waals surface area contributed by atoms with Crippen LogP contribution < -0.4 is 10.7 Å². The van der Waals surface area contributed by atoms with Crippen molar-refractivity contribution in [1.29, 1.82) is 0 Å². The smallest absolute Gasteiger partial charge is 0.324 e. The van der Waals surface area contributed by atoms with Crippen LogP contribution >= 0.6 is 0 Å². The molecule has 4 amide bonds. The molecule has 1 aromatic carbocycles. The summed E-state index contributed by atoms with van der Waals surface area (Å²) in [6.07, 6.45) is 9.69. The van der Waals surface area contributed by atoms with Crippen LogP contribution in [0.5, 0.6) is 5.75 Å². The number of benzene rings is 1. The monoisotopic (exact) mass is 962 g/mol. The fourth-order valence-electron chi connectivity index (χ4n) is 10.1. The van der Waals surface area contributed by atoms with Gasteiger partial charge in [0.25, 0.3) is 11.8 Å². The van der Waals surface area contributed by atoms with Gasteiger partial charge in [-0.1, -0.05) is 45.8 Å². The fourth-order valence-corrected chi connectivity index (χ4v) is 10.1. The molecule has 17 heteroatoms. The first-order valence-electron chi connectivity index (χ1n) is 24.5. The van der Waals surface area contributed by atoms with Crippen molar-refractivity contribution in [3.05, 3.63) is 83.0 Å². The van der Waals surface area contributed by atoms with Gasteiger partial charge >= 0.3 is 5.97 Å². The summed E-state index contributed by atoms with van der Waals surface area (Å²) >= 11 is 0. The first-order valence-corrected chi connectivity index (χ1v) is 24.5. The predicted octanol–water partition coefficient (Wildman–Crippen LogP) is 3.96. The van der Waals surface area contributed by atoms with Crippen molar-refractivity contribution < 1.29 is 38.6 Å². The molecule has 0 aliphatic carbocycles. The maximum atomic E-state index is 14.8. The molecule has 2 aromatic rings. The molecular formula is C53H71N9O8. The number of cyclic esters (lactones) is 1. The van der Waals surface area contributed by atoms with Gasteiger partial charge in [-0.2, -0.15) is 0 Å². The van der Waals surface area contributed by atoms with E-state index in [1.807, 2.05) is 58.0 Å². The van der Waals surface area contributed by atoms with E-state index in [9.17, 15) is 29.1 Å². The Bertz CT molecular complexity index is 2490. The number of methoxy groups -OCH3 is 1. The number of likely N-dealkylation sites (N-methyl/N-ethyl adjacent to an activating group) is 2. The molecule has 70 heavy (non-hydrogen) atoms. The van der Waals surface area contributed by atoms with E-state index in [1.165, 1.54) is 9.91 Å². The number of phenols is 1. The molecule has 5 aliphatic heterocycles. The van der Waals surface area contributed by atoms with Gasteiger partial charge < -0.3 is 39.5 Å². The number of allylic oxidation sites excluding steroid dienone is 3. The Morgan fingerprint density at radius 1 is 1.10 bits per heavy atom. The van der Waals surface area contributed by atoms with Crippen LogP contribution in [0.2, 0.25) is 0 Å². The number of hydrogen-bond acceptors (Lipinski definition) is 13. The Labute approximate surface area is 412 Å². The molecule has 3 N–H and O–H groups in total. The minimum Gasteiger partial charge on any atom is -0.508 e. The molecule has 17 nitrogen and oxygen atoms in total. The largest absolute Gasteiger partial charge is 0.508 e. The maximum Gasteiger partial charge on any atom is 0.324 e. The number of fused-ring (bicyclic) bond motifs is 5. The third kappa shape index (κ3) is 11.4. The Balaban J connectivity index is 1.22. The highest BCUT2D eigenvalue weighted by molar-refractivity contribution is 5.95.